The zero-order chi connectivity index (χ0) is 19.4. The first kappa shape index (κ1) is 19.1. The van der Waals surface area contributed by atoms with Crippen LogP contribution in [0.25, 0.3) is 0 Å². The van der Waals surface area contributed by atoms with Gasteiger partial charge >= 0.3 is 0 Å². The molecule has 0 aromatic heterocycles. The zero-order valence-corrected chi connectivity index (χ0v) is 16.3. The lowest BCUT2D eigenvalue weighted by Crippen LogP contribution is -2.50. The largest absolute Gasteiger partial charge is 0.336 e. The molecule has 1 heterocycles. The molecule has 0 radical (unpaired) electrons. The van der Waals surface area contributed by atoms with Crippen LogP contribution in [0.2, 0.25) is 0 Å². The molecule has 142 valence electrons. The Morgan fingerprint density at radius 2 is 1.59 bits per heavy atom. The molecule has 0 atom stereocenters. The van der Waals surface area contributed by atoms with Crippen LogP contribution in [0.4, 0.5) is 5.69 Å². The summed E-state index contributed by atoms with van der Waals surface area (Å²) in [6.07, 6.45) is 0. The quantitative estimate of drug-likeness (QED) is 0.906. The Labute approximate surface area is 161 Å². The van der Waals surface area contributed by atoms with E-state index in [9.17, 15) is 9.59 Å². The van der Waals surface area contributed by atoms with Crippen molar-refractivity contribution in [3.05, 3.63) is 64.7 Å². The lowest BCUT2D eigenvalue weighted by atomic mass is 10.1. The van der Waals surface area contributed by atoms with E-state index in [2.05, 4.69) is 10.2 Å². The van der Waals surface area contributed by atoms with Crippen LogP contribution >= 0.6 is 0 Å². The van der Waals surface area contributed by atoms with Crippen molar-refractivity contribution in [2.45, 2.75) is 20.8 Å². The van der Waals surface area contributed by atoms with Gasteiger partial charge in [-0.25, -0.2) is 0 Å². The summed E-state index contributed by atoms with van der Waals surface area (Å²) in [5.41, 5.74) is 5.00. The van der Waals surface area contributed by atoms with E-state index in [4.69, 9.17) is 0 Å². The standard InChI is InChI=1S/C22H27N3O2/c1-16-7-9-19(10-8-16)22(27)25-13-11-24(12-14-25)15-21(26)23-20-6-4-5-17(2)18(20)3/h4-10H,11-15H2,1-3H3,(H,23,26). The normalized spacial score (nSPS) is 14.9. The van der Waals surface area contributed by atoms with Crippen LogP contribution in [0.3, 0.4) is 0 Å². The van der Waals surface area contributed by atoms with Gasteiger partial charge in [0.25, 0.3) is 5.91 Å². The average Bonchev–Trinajstić information content (AvgIpc) is 2.66. The Kier molecular flexibility index (Phi) is 5.91. The van der Waals surface area contributed by atoms with Gasteiger partial charge in [-0.1, -0.05) is 29.8 Å². The molecule has 1 fully saturated rings. The number of hydrogen-bond acceptors (Lipinski definition) is 3. The second kappa shape index (κ2) is 8.35. The molecule has 2 amide bonds. The van der Waals surface area contributed by atoms with Gasteiger partial charge in [0.05, 0.1) is 6.54 Å². The Bertz CT molecular complexity index is 822. The van der Waals surface area contributed by atoms with Crippen molar-refractivity contribution < 1.29 is 9.59 Å². The second-order valence-electron chi connectivity index (χ2n) is 7.23. The molecule has 1 aliphatic rings. The van der Waals surface area contributed by atoms with E-state index < -0.39 is 0 Å². The van der Waals surface area contributed by atoms with Crippen molar-refractivity contribution in [3.63, 3.8) is 0 Å². The first-order valence-electron chi connectivity index (χ1n) is 9.38. The molecular weight excluding hydrogens is 338 g/mol. The maximum Gasteiger partial charge on any atom is 0.253 e. The molecule has 2 aromatic rings. The Morgan fingerprint density at radius 1 is 0.926 bits per heavy atom. The summed E-state index contributed by atoms with van der Waals surface area (Å²) in [7, 11) is 0. The summed E-state index contributed by atoms with van der Waals surface area (Å²) in [5, 5.41) is 3.00. The van der Waals surface area contributed by atoms with E-state index in [1.54, 1.807) is 0 Å². The maximum absolute atomic E-state index is 12.6. The van der Waals surface area contributed by atoms with E-state index in [0.717, 1.165) is 27.9 Å². The third kappa shape index (κ3) is 4.74. The van der Waals surface area contributed by atoms with Gasteiger partial charge < -0.3 is 10.2 Å². The first-order valence-corrected chi connectivity index (χ1v) is 9.38. The highest BCUT2D eigenvalue weighted by Crippen LogP contribution is 2.18. The molecule has 5 nitrogen and oxygen atoms in total. The lowest BCUT2D eigenvalue weighted by molar-refractivity contribution is -0.117. The predicted molar refractivity (Wildman–Crippen MR) is 108 cm³/mol. The summed E-state index contributed by atoms with van der Waals surface area (Å²) in [6.45, 7) is 9.11. The lowest BCUT2D eigenvalue weighted by Gasteiger charge is -2.34. The number of benzene rings is 2. The average molecular weight is 365 g/mol. The SMILES string of the molecule is Cc1ccc(C(=O)N2CCN(CC(=O)Nc3cccc(C)c3C)CC2)cc1. The Balaban J connectivity index is 1.50. The number of piperazine rings is 1. The highest BCUT2D eigenvalue weighted by molar-refractivity contribution is 5.94. The van der Waals surface area contributed by atoms with Crippen LogP contribution in [0.5, 0.6) is 0 Å². The maximum atomic E-state index is 12.6. The number of aryl methyl sites for hydroxylation is 2. The van der Waals surface area contributed by atoms with Crippen LogP contribution in [-0.4, -0.2) is 54.3 Å². The van der Waals surface area contributed by atoms with Gasteiger partial charge in [-0.05, 0) is 50.1 Å². The Hall–Kier alpha value is -2.66. The third-order valence-electron chi connectivity index (χ3n) is 5.20. The minimum absolute atomic E-state index is 0.0120. The van der Waals surface area contributed by atoms with Crippen LogP contribution in [-0.2, 0) is 4.79 Å². The molecule has 1 N–H and O–H groups in total. The van der Waals surface area contributed by atoms with Crippen molar-refractivity contribution in [1.29, 1.82) is 0 Å². The summed E-state index contributed by atoms with van der Waals surface area (Å²) >= 11 is 0. The smallest absolute Gasteiger partial charge is 0.253 e. The van der Waals surface area contributed by atoms with Crippen LogP contribution < -0.4 is 5.32 Å². The molecule has 0 saturated carbocycles. The van der Waals surface area contributed by atoms with Crippen LogP contribution in [0, 0.1) is 20.8 Å². The van der Waals surface area contributed by atoms with Crippen LogP contribution in [0.15, 0.2) is 42.5 Å². The van der Waals surface area contributed by atoms with Crippen molar-refractivity contribution in [2.75, 3.05) is 38.0 Å². The Morgan fingerprint density at radius 3 is 2.26 bits per heavy atom. The van der Waals surface area contributed by atoms with Gasteiger partial charge in [-0.2, -0.15) is 0 Å². The molecule has 1 aliphatic heterocycles. The van der Waals surface area contributed by atoms with Crippen molar-refractivity contribution in [1.82, 2.24) is 9.80 Å². The fraction of sp³-hybridized carbons (Fsp3) is 0.364. The summed E-state index contributed by atoms with van der Waals surface area (Å²) < 4.78 is 0. The summed E-state index contributed by atoms with van der Waals surface area (Å²) in [4.78, 5) is 28.9. The highest BCUT2D eigenvalue weighted by atomic mass is 16.2. The molecule has 27 heavy (non-hydrogen) atoms. The van der Waals surface area contributed by atoms with E-state index in [1.807, 2.05) is 68.1 Å². The number of rotatable bonds is 4. The van der Waals surface area contributed by atoms with Crippen molar-refractivity contribution >= 4 is 17.5 Å². The van der Waals surface area contributed by atoms with E-state index in [-0.39, 0.29) is 11.8 Å². The zero-order valence-electron chi connectivity index (χ0n) is 16.3. The van der Waals surface area contributed by atoms with Crippen molar-refractivity contribution in [3.8, 4) is 0 Å². The van der Waals surface area contributed by atoms with Gasteiger partial charge in [0, 0.05) is 37.4 Å². The van der Waals surface area contributed by atoms with Gasteiger partial charge in [0.15, 0.2) is 0 Å². The van der Waals surface area contributed by atoms with Gasteiger partial charge in [-0.3, -0.25) is 14.5 Å². The molecule has 5 heteroatoms. The summed E-state index contributed by atoms with van der Waals surface area (Å²) in [5.74, 6) is 0.0523. The van der Waals surface area contributed by atoms with Gasteiger partial charge in [-0.15, -0.1) is 0 Å². The third-order valence-corrected chi connectivity index (χ3v) is 5.20. The minimum Gasteiger partial charge on any atom is -0.336 e. The number of carbonyl (C=O) groups excluding carboxylic acids is 2. The first-order chi connectivity index (χ1) is 12.9. The van der Waals surface area contributed by atoms with E-state index >= 15 is 0 Å². The molecular formula is C22H27N3O2. The molecule has 0 unspecified atom stereocenters. The molecule has 0 aliphatic carbocycles. The molecule has 3 rings (SSSR count). The fourth-order valence-corrected chi connectivity index (χ4v) is 3.27. The fourth-order valence-electron chi connectivity index (χ4n) is 3.27. The number of nitrogens with zero attached hydrogens (tertiary/aromatic N) is 2. The van der Waals surface area contributed by atoms with E-state index in [1.165, 1.54) is 0 Å². The molecule has 2 aromatic carbocycles. The number of nitrogens with one attached hydrogen (secondary N) is 1. The van der Waals surface area contributed by atoms with Gasteiger partial charge in [0.1, 0.15) is 0 Å². The minimum atomic E-state index is -0.0120. The topological polar surface area (TPSA) is 52.7 Å². The van der Waals surface area contributed by atoms with Crippen molar-refractivity contribution in [2.24, 2.45) is 0 Å². The molecule has 1 saturated heterocycles. The number of carbonyl (C=O) groups is 2. The number of hydrogen-bond donors (Lipinski definition) is 1. The molecule has 0 bridgehead atoms. The van der Waals surface area contributed by atoms with Crippen LogP contribution in [0.1, 0.15) is 27.0 Å². The number of anilines is 1. The van der Waals surface area contributed by atoms with E-state index in [0.29, 0.717) is 32.7 Å². The summed E-state index contributed by atoms with van der Waals surface area (Å²) in [6, 6.07) is 13.6. The van der Waals surface area contributed by atoms with Gasteiger partial charge in [0.2, 0.25) is 5.91 Å². The highest BCUT2D eigenvalue weighted by Gasteiger charge is 2.23. The predicted octanol–water partition coefficient (Wildman–Crippen LogP) is 3.01. The monoisotopic (exact) mass is 365 g/mol. The number of amides is 2. The second-order valence-corrected chi connectivity index (χ2v) is 7.23. The molecule has 0 spiro atoms.